The first-order valence-corrected chi connectivity index (χ1v) is 4.57. The molecule has 0 spiro atoms. The lowest BCUT2D eigenvalue weighted by Gasteiger charge is -2.11. The smallest absolute Gasteiger partial charge is 0.313 e. The third-order valence-electron chi connectivity index (χ3n) is 1.81. The standard InChI is InChI=1S/C10H18O2/c1-4-7-9(8-5-2)10(11)12-6-3/h6,9H,3-5,7-8H2,1-2H3. The van der Waals surface area contributed by atoms with Crippen molar-refractivity contribution < 1.29 is 9.53 Å². The average molecular weight is 170 g/mol. The fraction of sp³-hybridized carbons (Fsp3) is 0.700. The molecule has 0 fully saturated rings. The number of ether oxygens (including phenoxy) is 1. The van der Waals surface area contributed by atoms with Crippen molar-refractivity contribution in [3.63, 3.8) is 0 Å². The molecule has 0 saturated carbocycles. The first kappa shape index (κ1) is 11.2. The van der Waals surface area contributed by atoms with Gasteiger partial charge in [0.1, 0.15) is 0 Å². The van der Waals surface area contributed by atoms with Crippen molar-refractivity contribution in [3.05, 3.63) is 12.8 Å². The minimum Gasteiger partial charge on any atom is -0.435 e. The Labute approximate surface area is 74.6 Å². The summed E-state index contributed by atoms with van der Waals surface area (Å²) in [4.78, 5) is 11.2. The van der Waals surface area contributed by atoms with Crippen molar-refractivity contribution in [2.24, 2.45) is 5.92 Å². The molecular formula is C10H18O2. The lowest BCUT2D eigenvalue weighted by molar-refractivity contribution is -0.143. The highest BCUT2D eigenvalue weighted by atomic mass is 16.5. The zero-order valence-electron chi connectivity index (χ0n) is 8.01. The summed E-state index contributed by atoms with van der Waals surface area (Å²) in [6, 6.07) is 0. The number of carbonyl (C=O) groups is 1. The van der Waals surface area contributed by atoms with Crippen LogP contribution in [0.3, 0.4) is 0 Å². The molecule has 70 valence electrons. The van der Waals surface area contributed by atoms with Crippen molar-refractivity contribution in [1.29, 1.82) is 0 Å². The summed E-state index contributed by atoms with van der Waals surface area (Å²) in [6.07, 6.45) is 5.09. The van der Waals surface area contributed by atoms with Gasteiger partial charge in [0.15, 0.2) is 0 Å². The van der Waals surface area contributed by atoms with Gasteiger partial charge in [-0.15, -0.1) is 0 Å². The fourth-order valence-electron chi connectivity index (χ4n) is 1.26. The molecule has 0 unspecified atom stereocenters. The van der Waals surface area contributed by atoms with Crippen LogP contribution in [-0.4, -0.2) is 5.97 Å². The maximum Gasteiger partial charge on any atom is 0.313 e. The Morgan fingerprint density at radius 1 is 1.42 bits per heavy atom. The quantitative estimate of drug-likeness (QED) is 0.452. The van der Waals surface area contributed by atoms with Crippen molar-refractivity contribution in [3.8, 4) is 0 Å². The lowest BCUT2D eigenvalue weighted by Crippen LogP contribution is -2.15. The van der Waals surface area contributed by atoms with E-state index in [4.69, 9.17) is 4.74 Å². The van der Waals surface area contributed by atoms with Gasteiger partial charge >= 0.3 is 5.97 Å². The Morgan fingerprint density at radius 3 is 2.25 bits per heavy atom. The summed E-state index contributed by atoms with van der Waals surface area (Å²) >= 11 is 0. The Hall–Kier alpha value is -0.790. The van der Waals surface area contributed by atoms with E-state index in [1.807, 2.05) is 0 Å². The van der Waals surface area contributed by atoms with Crippen LogP contribution in [0.2, 0.25) is 0 Å². The molecule has 0 rings (SSSR count). The van der Waals surface area contributed by atoms with Crippen LogP contribution in [0.25, 0.3) is 0 Å². The molecule has 12 heavy (non-hydrogen) atoms. The van der Waals surface area contributed by atoms with E-state index < -0.39 is 0 Å². The van der Waals surface area contributed by atoms with Crippen molar-refractivity contribution in [1.82, 2.24) is 0 Å². The monoisotopic (exact) mass is 170 g/mol. The zero-order valence-corrected chi connectivity index (χ0v) is 8.01. The van der Waals surface area contributed by atoms with Crippen LogP contribution in [0, 0.1) is 5.92 Å². The molecular weight excluding hydrogens is 152 g/mol. The molecule has 0 aromatic heterocycles. The molecule has 2 heteroatoms. The van der Waals surface area contributed by atoms with Crippen LogP contribution in [0.5, 0.6) is 0 Å². The molecule has 0 aromatic rings. The lowest BCUT2D eigenvalue weighted by atomic mass is 9.99. The van der Waals surface area contributed by atoms with Gasteiger partial charge in [-0.1, -0.05) is 33.3 Å². The van der Waals surface area contributed by atoms with E-state index in [0.29, 0.717) is 0 Å². The van der Waals surface area contributed by atoms with E-state index in [-0.39, 0.29) is 11.9 Å². The highest BCUT2D eigenvalue weighted by Gasteiger charge is 2.16. The normalized spacial score (nSPS) is 9.92. The second-order valence-electron chi connectivity index (χ2n) is 2.88. The topological polar surface area (TPSA) is 26.3 Å². The summed E-state index contributed by atoms with van der Waals surface area (Å²) in [5, 5.41) is 0. The van der Waals surface area contributed by atoms with E-state index in [1.165, 1.54) is 6.26 Å². The van der Waals surface area contributed by atoms with Gasteiger partial charge in [-0.05, 0) is 12.8 Å². The first-order valence-electron chi connectivity index (χ1n) is 4.57. The van der Waals surface area contributed by atoms with Crippen molar-refractivity contribution >= 4 is 5.97 Å². The molecule has 0 N–H and O–H groups in total. The van der Waals surface area contributed by atoms with Crippen LogP contribution in [0.4, 0.5) is 0 Å². The summed E-state index contributed by atoms with van der Waals surface area (Å²) in [6.45, 7) is 7.51. The predicted molar refractivity (Wildman–Crippen MR) is 49.6 cm³/mol. The van der Waals surface area contributed by atoms with Gasteiger partial charge in [0, 0.05) is 0 Å². The van der Waals surface area contributed by atoms with Gasteiger partial charge in [-0.2, -0.15) is 0 Å². The summed E-state index contributed by atoms with van der Waals surface area (Å²) in [5.41, 5.74) is 0. The maximum absolute atomic E-state index is 11.2. The van der Waals surface area contributed by atoms with Crippen LogP contribution in [-0.2, 0) is 9.53 Å². The van der Waals surface area contributed by atoms with E-state index >= 15 is 0 Å². The highest BCUT2D eigenvalue weighted by molar-refractivity contribution is 5.72. The zero-order chi connectivity index (χ0) is 9.40. The number of carbonyl (C=O) groups excluding carboxylic acids is 1. The van der Waals surface area contributed by atoms with Crippen LogP contribution in [0.15, 0.2) is 12.8 Å². The Kier molecular flexibility index (Phi) is 6.44. The van der Waals surface area contributed by atoms with E-state index in [2.05, 4.69) is 20.4 Å². The van der Waals surface area contributed by atoms with E-state index in [9.17, 15) is 4.79 Å². The molecule has 0 aromatic carbocycles. The Balaban J connectivity index is 3.89. The maximum atomic E-state index is 11.2. The number of hydrogen-bond acceptors (Lipinski definition) is 2. The van der Waals surface area contributed by atoms with Gasteiger partial charge < -0.3 is 4.74 Å². The molecule has 0 aliphatic rings. The summed E-state index contributed by atoms with van der Waals surface area (Å²) < 4.78 is 4.73. The first-order chi connectivity index (χ1) is 5.76. The Bertz CT molecular complexity index is 135. The van der Waals surface area contributed by atoms with Gasteiger partial charge in [-0.25, -0.2) is 0 Å². The molecule has 0 amide bonds. The highest BCUT2D eigenvalue weighted by Crippen LogP contribution is 2.15. The Morgan fingerprint density at radius 2 is 1.92 bits per heavy atom. The van der Waals surface area contributed by atoms with Crippen molar-refractivity contribution in [2.75, 3.05) is 0 Å². The van der Waals surface area contributed by atoms with Crippen LogP contribution >= 0.6 is 0 Å². The van der Waals surface area contributed by atoms with Gasteiger partial charge in [0.25, 0.3) is 0 Å². The van der Waals surface area contributed by atoms with E-state index in [1.54, 1.807) is 0 Å². The van der Waals surface area contributed by atoms with Gasteiger partial charge in [0.2, 0.25) is 0 Å². The molecule has 0 aliphatic carbocycles. The third kappa shape index (κ3) is 4.16. The minimum absolute atomic E-state index is 0.0676. The second-order valence-corrected chi connectivity index (χ2v) is 2.88. The van der Waals surface area contributed by atoms with Crippen molar-refractivity contribution in [2.45, 2.75) is 39.5 Å². The van der Waals surface area contributed by atoms with Gasteiger partial charge in [-0.3, -0.25) is 4.79 Å². The molecule has 0 saturated heterocycles. The molecule has 0 radical (unpaired) electrons. The summed E-state index contributed by atoms with van der Waals surface area (Å²) in [7, 11) is 0. The predicted octanol–water partition coefficient (Wildman–Crippen LogP) is 2.89. The molecule has 0 atom stereocenters. The molecule has 0 bridgehead atoms. The average Bonchev–Trinajstić information content (AvgIpc) is 2.04. The van der Waals surface area contributed by atoms with Gasteiger partial charge in [0.05, 0.1) is 12.2 Å². The number of rotatable bonds is 6. The SMILES string of the molecule is C=COC(=O)C(CCC)CCC. The largest absolute Gasteiger partial charge is 0.435 e. The molecule has 2 nitrogen and oxygen atoms in total. The number of esters is 1. The summed E-state index contributed by atoms with van der Waals surface area (Å²) in [5.74, 6) is -0.0632. The fourth-order valence-corrected chi connectivity index (χ4v) is 1.26. The number of hydrogen-bond donors (Lipinski definition) is 0. The third-order valence-corrected chi connectivity index (χ3v) is 1.81. The van der Waals surface area contributed by atoms with E-state index in [0.717, 1.165) is 25.7 Å². The van der Waals surface area contributed by atoms with Crippen LogP contribution in [0.1, 0.15) is 39.5 Å². The van der Waals surface area contributed by atoms with Crippen LogP contribution < -0.4 is 0 Å². The molecule has 0 aliphatic heterocycles. The minimum atomic E-state index is -0.131. The molecule has 0 heterocycles. The second kappa shape index (κ2) is 6.89.